The van der Waals surface area contributed by atoms with Crippen LogP contribution < -0.4 is 15.9 Å². The highest BCUT2D eigenvalue weighted by Gasteiger charge is 2.18. The lowest BCUT2D eigenvalue weighted by atomic mass is 10.2. The first-order valence-electron chi connectivity index (χ1n) is 9.82. The minimum Gasteiger partial charge on any atom is -0.368 e. The molecule has 4 rings (SSSR count). The molecule has 152 valence electrons. The molecular formula is C20H25N7O2. The number of anilines is 1. The molecule has 0 aromatic carbocycles. The molecule has 2 N–H and O–H groups in total. The van der Waals surface area contributed by atoms with Crippen molar-refractivity contribution in [3.8, 4) is 0 Å². The van der Waals surface area contributed by atoms with Crippen molar-refractivity contribution in [3.63, 3.8) is 0 Å². The van der Waals surface area contributed by atoms with E-state index in [0.717, 1.165) is 49.5 Å². The zero-order chi connectivity index (χ0) is 20.4. The van der Waals surface area contributed by atoms with Gasteiger partial charge in [-0.1, -0.05) is 0 Å². The number of nitrogens with one attached hydrogen (secondary N) is 2. The molecule has 1 fully saturated rings. The lowest BCUT2D eigenvalue weighted by molar-refractivity contribution is 0.0958. The predicted molar refractivity (Wildman–Crippen MR) is 111 cm³/mol. The molecule has 0 radical (unpaired) electrons. The molecule has 1 saturated heterocycles. The molecule has 0 saturated carbocycles. The highest BCUT2D eigenvalue weighted by molar-refractivity contribution is 5.92. The Balaban J connectivity index is 1.38. The van der Waals surface area contributed by atoms with Crippen LogP contribution in [0.3, 0.4) is 0 Å². The number of hydrogen-bond donors (Lipinski definition) is 2. The van der Waals surface area contributed by atoms with Gasteiger partial charge >= 0.3 is 5.69 Å². The van der Waals surface area contributed by atoms with Crippen molar-refractivity contribution < 1.29 is 4.79 Å². The topological polar surface area (TPSA) is 99.2 Å². The second-order valence-corrected chi connectivity index (χ2v) is 7.13. The van der Waals surface area contributed by atoms with Crippen molar-refractivity contribution in [2.75, 3.05) is 38.1 Å². The van der Waals surface area contributed by atoms with Crippen LogP contribution in [0.2, 0.25) is 0 Å². The van der Waals surface area contributed by atoms with Crippen LogP contribution in [-0.2, 0) is 13.1 Å². The quantitative estimate of drug-likeness (QED) is 0.664. The van der Waals surface area contributed by atoms with Crippen molar-refractivity contribution >= 4 is 22.8 Å². The Morgan fingerprint density at radius 2 is 1.97 bits per heavy atom. The maximum atomic E-state index is 11.9. The first-order valence-corrected chi connectivity index (χ1v) is 9.82. The molecule has 0 aliphatic carbocycles. The summed E-state index contributed by atoms with van der Waals surface area (Å²) >= 11 is 0. The number of aryl methyl sites for hydroxylation is 1. The summed E-state index contributed by atoms with van der Waals surface area (Å²) in [7, 11) is 1.60. The van der Waals surface area contributed by atoms with E-state index in [4.69, 9.17) is 0 Å². The second-order valence-electron chi connectivity index (χ2n) is 7.13. The van der Waals surface area contributed by atoms with Crippen LogP contribution in [0.5, 0.6) is 0 Å². The molecule has 0 spiro atoms. The van der Waals surface area contributed by atoms with Gasteiger partial charge in [0.25, 0.3) is 5.91 Å². The summed E-state index contributed by atoms with van der Waals surface area (Å²) in [6.45, 7) is 6.95. The Morgan fingerprint density at radius 1 is 1.17 bits per heavy atom. The van der Waals surface area contributed by atoms with Crippen LogP contribution in [0.4, 0.5) is 5.69 Å². The average molecular weight is 395 g/mol. The number of fused-ring (bicyclic) bond motifs is 1. The Hall–Kier alpha value is -3.20. The third kappa shape index (κ3) is 3.86. The van der Waals surface area contributed by atoms with Crippen LogP contribution in [0.15, 0.2) is 35.4 Å². The summed E-state index contributed by atoms with van der Waals surface area (Å²) in [5.74, 6) is -0.178. The Kier molecular flexibility index (Phi) is 5.30. The number of carbonyl (C=O) groups is 1. The van der Waals surface area contributed by atoms with Gasteiger partial charge in [-0.3, -0.25) is 14.3 Å². The molecule has 1 amide bonds. The van der Waals surface area contributed by atoms with Gasteiger partial charge in [-0.2, -0.15) is 0 Å². The SMILES string of the molecule is CCn1c(=O)[nH]c2cc(CN3CCN(c4ccc(C(=O)NC)nc4)CC3)cnc21. The average Bonchev–Trinajstić information content (AvgIpc) is 3.08. The van der Waals surface area contributed by atoms with Gasteiger partial charge in [0, 0.05) is 52.5 Å². The minimum absolute atomic E-state index is 0.114. The van der Waals surface area contributed by atoms with Crippen LogP contribution in [0, 0.1) is 0 Å². The molecule has 1 aliphatic rings. The molecule has 0 bridgehead atoms. The van der Waals surface area contributed by atoms with Crippen molar-refractivity contribution in [2.24, 2.45) is 0 Å². The lowest BCUT2D eigenvalue weighted by Gasteiger charge is -2.35. The fourth-order valence-electron chi connectivity index (χ4n) is 3.72. The molecule has 0 atom stereocenters. The van der Waals surface area contributed by atoms with Crippen molar-refractivity contribution in [2.45, 2.75) is 20.0 Å². The number of nitrogens with zero attached hydrogens (tertiary/aromatic N) is 5. The van der Waals surface area contributed by atoms with E-state index in [-0.39, 0.29) is 11.6 Å². The smallest absolute Gasteiger partial charge is 0.327 e. The molecule has 9 heteroatoms. The van der Waals surface area contributed by atoms with Gasteiger partial charge < -0.3 is 15.2 Å². The largest absolute Gasteiger partial charge is 0.368 e. The number of pyridine rings is 2. The van der Waals surface area contributed by atoms with Crippen molar-refractivity contribution in [1.29, 1.82) is 0 Å². The Bertz CT molecular complexity index is 1060. The van der Waals surface area contributed by atoms with Crippen LogP contribution in [-0.4, -0.2) is 63.6 Å². The molecule has 3 aromatic rings. The molecule has 9 nitrogen and oxygen atoms in total. The van der Waals surface area contributed by atoms with Crippen LogP contribution in [0.1, 0.15) is 23.0 Å². The second kappa shape index (κ2) is 8.04. The summed E-state index contributed by atoms with van der Waals surface area (Å²) in [5.41, 5.74) is 3.92. The van der Waals surface area contributed by atoms with Gasteiger partial charge in [0.05, 0.1) is 17.4 Å². The van der Waals surface area contributed by atoms with E-state index in [1.165, 1.54) is 0 Å². The molecule has 3 aromatic heterocycles. The number of carbonyl (C=O) groups excluding carboxylic acids is 1. The maximum Gasteiger partial charge on any atom is 0.327 e. The highest BCUT2D eigenvalue weighted by Crippen LogP contribution is 2.18. The van der Waals surface area contributed by atoms with E-state index < -0.39 is 0 Å². The van der Waals surface area contributed by atoms with Crippen LogP contribution in [0.25, 0.3) is 11.2 Å². The number of rotatable bonds is 5. The summed E-state index contributed by atoms with van der Waals surface area (Å²) in [5, 5.41) is 2.58. The third-order valence-corrected chi connectivity index (χ3v) is 5.33. The normalized spacial score (nSPS) is 15.0. The fourth-order valence-corrected chi connectivity index (χ4v) is 3.72. The number of hydrogen-bond acceptors (Lipinski definition) is 6. The summed E-state index contributed by atoms with van der Waals surface area (Å²) in [6, 6.07) is 5.72. The number of aromatic nitrogens is 4. The van der Waals surface area contributed by atoms with E-state index in [1.54, 1.807) is 23.9 Å². The van der Waals surface area contributed by atoms with Crippen molar-refractivity contribution in [1.82, 2.24) is 29.7 Å². The van der Waals surface area contributed by atoms with Gasteiger partial charge in [0.15, 0.2) is 5.65 Å². The van der Waals surface area contributed by atoms with E-state index in [2.05, 4.69) is 30.1 Å². The number of imidazole rings is 1. The fraction of sp³-hybridized carbons (Fsp3) is 0.400. The summed E-state index contributed by atoms with van der Waals surface area (Å²) in [4.78, 5) is 39.8. The molecule has 0 unspecified atom stereocenters. The van der Waals surface area contributed by atoms with Gasteiger partial charge in [0.1, 0.15) is 5.69 Å². The van der Waals surface area contributed by atoms with Gasteiger partial charge in [-0.15, -0.1) is 0 Å². The Labute approximate surface area is 168 Å². The van der Waals surface area contributed by atoms with Gasteiger partial charge in [0.2, 0.25) is 0 Å². The monoisotopic (exact) mass is 395 g/mol. The number of piperazine rings is 1. The minimum atomic E-state index is -0.178. The number of aromatic amines is 1. The zero-order valence-electron chi connectivity index (χ0n) is 16.7. The van der Waals surface area contributed by atoms with Gasteiger partial charge in [-0.05, 0) is 30.7 Å². The van der Waals surface area contributed by atoms with Crippen molar-refractivity contribution in [3.05, 3.63) is 52.3 Å². The predicted octanol–water partition coefficient (Wildman–Crippen LogP) is 0.821. The Morgan fingerprint density at radius 3 is 2.62 bits per heavy atom. The van der Waals surface area contributed by atoms with E-state index >= 15 is 0 Å². The van der Waals surface area contributed by atoms with Gasteiger partial charge in [-0.25, -0.2) is 14.8 Å². The first-order chi connectivity index (χ1) is 14.1. The summed E-state index contributed by atoms with van der Waals surface area (Å²) in [6.07, 6.45) is 3.61. The molecular weight excluding hydrogens is 370 g/mol. The molecule has 29 heavy (non-hydrogen) atoms. The first kappa shape index (κ1) is 19.1. The zero-order valence-corrected chi connectivity index (χ0v) is 16.7. The molecule has 4 heterocycles. The standard InChI is InChI=1S/C20H25N7O2/c1-3-27-18-17(24-20(27)29)10-14(11-23-18)13-25-6-8-26(9-7-25)15-4-5-16(22-12-15)19(28)21-2/h4-5,10-12H,3,6-9,13H2,1-2H3,(H,21,28)(H,24,29). The highest BCUT2D eigenvalue weighted by atomic mass is 16.2. The van der Waals surface area contributed by atoms with E-state index in [9.17, 15) is 9.59 Å². The number of H-pyrrole nitrogens is 1. The van der Waals surface area contributed by atoms with Crippen LogP contribution >= 0.6 is 0 Å². The summed E-state index contributed by atoms with van der Waals surface area (Å²) < 4.78 is 1.64. The molecule has 1 aliphatic heterocycles. The third-order valence-electron chi connectivity index (χ3n) is 5.33. The lowest BCUT2D eigenvalue weighted by Crippen LogP contribution is -2.46. The number of amides is 1. The maximum absolute atomic E-state index is 11.9. The van der Waals surface area contributed by atoms with E-state index in [1.807, 2.05) is 25.3 Å². The van der Waals surface area contributed by atoms with E-state index in [0.29, 0.717) is 17.9 Å².